The lowest BCUT2D eigenvalue weighted by Crippen LogP contribution is -2.03. The number of aryl methyl sites for hydroxylation is 1. The molecule has 0 saturated carbocycles. The lowest BCUT2D eigenvalue weighted by Gasteiger charge is -2.08. The lowest BCUT2D eigenvalue weighted by molar-refractivity contribution is 0.0601. The number of rotatable bonds is 4. The number of methoxy groups -OCH3 is 1. The monoisotopic (exact) mass is 260 g/mol. The van der Waals surface area contributed by atoms with Crippen molar-refractivity contribution in [3.63, 3.8) is 0 Å². The molecule has 1 heterocycles. The number of carbonyl (C=O) groups excluding carboxylic acids is 1. The predicted molar refractivity (Wildman–Crippen MR) is 73.4 cm³/mol. The van der Waals surface area contributed by atoms with Gasteiger partial charge in [-0.05, 0) is 25.1 Å². The standard InChI is InChI=1S/C13H16N4O2/c1-3-17-8-10(7-15-17)16-12-5-4-9(6-11(12)14)13(18)19-2/h4-8,16H,3,14H2,1-2H3. The van der Waals surface area contributed by atoms with Gasteiger partial charge in [0, 0.05) is 12.7 Å². The van der Waals surface area contributed by atoms with Crippen LogP contribution in [0.3, 0.4) is 0 Å². The van der Waals surface area contributed by atoms with Gasteiger partial charge in [-0.1, -0.05) is 0 Å². The second-order valence-corrected chi connectivity index (χ2v) is 4.00. The van der Waals surface area contributed by atoms with E-state index in [2.05, 4.69) is 15.2 Å². The molecule has 6 nitrogen and oxygen atoms in total. The zero-order valence-electron chi connectivity index (χ0n) is 10.9. The van der Waals surface area contributed by atoms with Crippen LogP contribution in [0.25, 0.3) is 0 Å². The largest absolute Gasteiger partial charge is 0.465 e. The molecule has 0 bridgehead atoms. The molecule has 0 atom stereocenters. The van der Waals surface area contributed by atoms with Crippen LogP contribution in [-0.2, 0) is 11.3 Å². The zero-order valence-corrected chi connectivity index (χ0v) is 10.9. The summed E-state index contributed by atoms with van der Waals surface area (Å²) in [5.74, 6) is -0.406. The second-order valence-electron chi connectivity index (χ2n) is 4.00. The number of nitrogens with zero attached hydrogens (tertiary/aromatic N) is 2. The second kappa shape index (κ2) is 5.43. The predicted octanol–water partition coefficient (Wildman–Crippen LogP) is 2.02. The number of benzene rings is 1. The van der Waals surface area contributed by atoms with Crippen molar-refractivity contribution in [1.29, 1.82) is 0 Å². The van der Waals surface area contributed by atoms with E-state index in [1.54, 1.807) is 29.1 Å². The van der Waals surface area contributed by atoms with E-state index in [1.165, 1.54) is 7.11 Å². The van der Waals surface area contributed by atoms with Crippen molar-refractivity contribution in [2.45, 2.75) is 13.5 Å². The molecule has 0 amide bonds. The van der Waals surface area contributed by atoms with Crippen molar-refractivity contribution >= 4 is 23.0 Å². The lowest BCUT2D eigenvalue weighted by atomic mass is 10.1. The molecule has 2 rings (SSSR count). The van der Waals surface area contributed by atoms with Crippen molar-refractivity contribution in [3.8, 4) is 0 Å². The van der Waals surface area contributed by atoms with Gasteiger partial charge in [0.05, 0.1) is 35.9 Å². The van der Waals surface area contributed by atoms with Gasteiger partial charge in [-0.2, -0.15) is 5.10 Å². The summed E-state index contributed by atoms with van der Waals surface area (Å²) in [5.41, 5.74) is 8.38. The van der Waals surface area contributed by atoms with Crippen LogP contribution in [0.1, 0.15) is 17.3 Å². The number of aromatic nitrogens is 2. The average Bonchev–Trinajstić information content (AvgIpc) is 2.88. The fraction of sp³-hybridized carbons (Fsp3) is 0.231. The quantitative estimate of drug-likeness (QED) is 0.649. The van der Waals surface area contributed by atoms with Crippen LogP contribution in [0.15, 0.2) is 30.6 Å². The minimum absolute atomic E-state index is 0.406. The van der Waals surface area contributed by atoms with Crippen LogP contribution in [0.5, 0.6) is 0 Å². The first kappa shape index (κ1) is 12.9. The molecule has 3 N–H and O–H groups in total. The van der Waals surface area contributed by atoms with Crippen molar-refractivity contribution in [3.05, 3.63) is 36.2 Å². The van der Waals surface area contributed by atoms with Crippen molar-refractivity contribution in [2.75, 3.05) is 18.2 Å². The Hall–Kier alpha value is -2.50. The summed E-state index contributed by atoms with van der Waals surface area (Å²) in [6.07, 6.45) is 3.60. The maximum Gasteiger partial charge on any atom is 0.337 e. The zero-order chi connectivity index (χ0) is 13.8. The molecule has 100 valence electrons. The number of nitrogen functional groups attached to an aromatic ring is 1. The van der Waals surface area contributed by atoms with Gasteiger partial charge >= 0.3 is 5.97 Å². The van der Waals surface area contributed by atoms with Gasteiger partial charge in [-0.15, -0.1) is 0 Å². The van der Waals surface area contributed by atoms with E-state index in [9.17, 15) is 4.79 Å². The maximum atomic E-state index is 11.4. The molecule has 0 spiro atoms. The van der Waals surface area contributed by atoms with Gasteiger partial charge in [-0.3, -0.25) is 4.68 Å². The third-order valence-electron chi connectivity index (χ3n) is 2.71. The van der Waals surface area contributed by atoms with Crippen LogP contribution in [0, 0.1) is 0 Å². The van der Waals surface area contributed by atoms with Gasteiger partial charge in [0.1, 0.15) is 0 Å². The number of esters is 1. The molecule has 0 aliphatic heterocycles. The summed E-state index contributed by atoms with van der Waals surface area (Å²) < 4.78 is 6.45. The van der Waals surface area contributed by atoms with E-state index in [4.69, 9.17) is 5.73 Å². The summed E-state index contributed by atoms with van der Waals surface area (Å²) in [6, 6.07) is 4.98. The summed E-state index contributed by atoms with van der Waals surface area (Å²) in [4.78, 5) is 11.4. The van der Waals surface area contributed by atoms with Gasteiger partial charge < -0.3 is 15.8 Å². The first-order valence-electron chi connectivity index (χ1n) is 5.91. The maximum absolute atomic E-state index is 11.4. The average molecular weight is 260 g/mol. The molecule has 19 heavy (non-hydrogen) atoms. The number of anilines is 3. The summed E-state index contributed by atoms with van der Waals surface area (Å²) >= 11 is 0. The molecule has 0 unspecified atom stereocenters. The Kier molecular flexibility index (Phi) is 3.70. The highest BCUT2D eigenvalue weighted by molar-refractivity contribution is 5.92. The molecular weight excluding hydrogens is 244 g/mol. The number of nitrogens with one attached hydrogen (secondary N) is 1. The van der Waals surface area contributed by atoms with Gasteiger partial charge in [0.15, 0.2) is 0 Å². The minimum Gasteiger partial charge on any atom is -0.465 e. The highest BCUT2D eigenvalue weighted by atomic mass is 16.5. The molecule has 6 heteroatoms. The Morgan fingerprint density at radius 2 is 2.32 bits per heavy atom. The van der Waals surface area contributed by atoms with E-state index in [0.717, 1.165) is 17.9 Å². The summed E-state index contributed by atoms with van der Waals surface area (Å²) in [7, 11) is 1.34. The summed E-state index contributed by atoms with van der Waals surface area (Å²) in [6.45, 7) is 2.81. The van der Waals surface area contributed by atoms with Gasteiger partial charge in [0.2, 0.25) is 0 Å². The van der Waals surface area contributed by atoms with Crippen LogP contribution in [0.2, 0.25) is 0 Å². The first-order valence-corrected chi connectivity index (χ1v) is 5.91. The molecule has 0 aliphatic rings. The van der Waals surface area contributed by atoms with E-state index >= 15 is 0 Å². The number of carbonyl (C=O) groups is 1. The molecule has 1 aromatic heterocycles. The fourth-order valence-electron chi connectivity index (χ4n) is 1.68. The van der Waals surface area contributed by atoms with Crippen molar-refractivity contribution < 1.29 is 9.53 Å². The molecule has 0 radical (unpaired) electrons. The number of ether oxygens (including phenoxy) is 1. The molecule has 0 fully saturated rings. The molecule has 0 aliphatic carbocycles. The number of nitrogens with two attached hydrogens (primary N) is 1. The van der Waals surface area contributed by atoms with E-state index in [0.29, 0.717) is 11.3 Å². The fourth-order valence-corrected chi connectivity index (χ4v) is 1.68. The smallest absolute Gasteiger partial charge is 0.337 e. The van der Waals surface area contributed by atoms with Gasteiger partial charge in [-0.25, -0.2) is 4.79 Å². The Balaban J connectivity index is 2.19. The topological polar surface area (TPSA) is 82.2 Å². The third-order valence-corrected chi connectivity index (χ3v) is 2.71. The Bertz CT molecular complexity index is 592. The number of hydrogen-bond acceptors (Lipinski definition) is 5. The third kappa shape index (κ3) is 2.85. The molecule has 2 aromatic rings. The van der Waals surface area contributed by atoms with Crippen LogP contribution in [0.4, 0.5) is 17.1 Å². The Labute approximate surface area is 111 Å². The number of hydrogen-bond donors (Lipinski definition) is 2. The van der Waals surface area contributed by atoms with Crippen molar-refractivity contribution in [2.24, 2.45) is 0 Å². The Morgan fingerprint density at radius 3 is 2.89 bits per heavy atom. The van der Waals surface area contributed by atoms with Crippen LogP contribution >= 0.6 is 0 Å². The van der Waals surface area contributed by atoms with Crippen LogP contribution in [-0.4, -0.2) is 22.9 Å². The van der Waals surface area contributed by atoms with E-state index in [1.807, 2.05) is 13.1 Å². The minimum atomic E-state index is -0.406. The first-order chi connectivity index (χ1) is 9.13. The van der Waals surface area contributed by atoms with Gasteiger partial charge in [0.25, 0.3) is 0 Å². The van der Waals surface area contributed by atoms with Crippen LogP contribution < -0.4 is 11.1 Å². The molecule has 1 aromatic carbocycles. The van der Waals surface area contributed by atoms with E-state index in [-0.39, 0.29) is 0 Å². The van der Waals surface area contributed by atoms with E-state index < -0.39 is 5.97 Å². The molecule has 0 saturated heterocycles. The highest BCUT2D eigenvalue weighted by Gasteiger charge is 2.08. The SMILES string of the molecule is CCn1cc(Nc2ccc(C(=O)OC)cc2N)cn1. The highest BCUT2D eigenvalue weighted by Crippen LogP contribution is 2.24. The molecular formula is C13H16N4O2. The Morgan fingerprint density at radius 1 is 1.53 bits per heavy atom. The normalized spacial score (nSPS) is 10.2. The summed E-state index contributed by atoms with van der Waals surface area (Å²) in [5, 5.41) is 7.31. The van der Waals surface area contributed by atoms with Crippen molar-refractivity contribution in [1.82, 2.24) is 9.78 Å².